The predicted molar refractivity (Wildman–Crippen MR) is 78.0 cm³/mol. The Morgan fingerprint density at radius 2 is 2.29 bits per heavy atom. The summed E-state index contributed by atoms with van der Waals surface area (Å²) in [6.07, 6.45) is 4.80. The molecule has 1 atom stereocenters. The lowest BCUT2D eigenvalue weighted by molar-refractivity contribution is 0.0409. The van der Waals surface area contributed by atoms with Gasteiger partial charge in [0.2, 0.25) is 0 Å². The number of nitrogens with one attached hydrogen (secondary N) is 2. The summed E-state index contributed by atoms with van der Waals surface area (Å²) in [7, 11) is 0. The van der Waals surface area contributed by atoms with Crippen LogP contribution in [0.2, 0.25) is 5.15 Å². The van der Waals surface area contributed by atoms with Crippen molar-refractivity contribution < 1.29 is 5.11 Å². The SMILES string of the molecule is OC1(c2ccn[nH]2)CCN(Cc2c(Cl)n[nH]c2C2CC2)C1. The van der Waals surface area contributed by atoms with Gasteiger partial charge in [0.05, 0.1) is 5.69 Å². The van der Waals surface area contributed by atoms with Gasteiger partial charge < -0.3 is 5.11 Å². The van der Waals surface area contributed by atoms with E-state index in [2.05, 4.69) is 25.3 Å². The number of H-pyrrole nitrogens is 2. The Morgan fingerprint density at radius 3 is 3.00 bits per heavy atom. The molecule has 2 aromatic rings. The Labute approximate surface area is 127 Å². The maximum Gasteiger partial charge on any atom is 0.155 e. The lowest BCUT2D eigenvalue weighted by atomic mass is 9.99. The summed E-state index contributed by atoms with van der Waals surface area (Å²) < 4.78 is 0. The number of halogens is 1. The van der Waals surface area contributed by atoms with Crippen LogP contribution in [0.4, 0.5) is 0 Å². The standard InChI is InChI=1S/C14H18ClN5O/c15-13-10(12(18-19-13)9-1-2-9)7-20-6-4-14(21,8-20)11-3-5-16-17-11/h3,5,9,21H,1-2,4,6-8H2,(H,16,17)(H,18,19). The smallest absolute Gasteiger partial charge is 0.155 e. The average Bonchev–Trinajstić information content (AvgIpc) is 2.89. The van der Waals surface area contributed by atoms with E-state index >= 15 is 0 Å². The highest BCUT2D eigenvalue weighted by Gasteiger charge is 2.39. The van der Waals surface area contributed by atoms with Crippen LogP contribution in [0, 0.1) is 0 Å². The Hall–Kier alpha value is -1.37. The summed E-state index contributed by atoms with van der Waals surface area (Å²) in [6, 6.07) is 1.84. The normalized spacial score (nSPS) is 26.6. The monoisotopic (exact) mass is 307 g/mol. The quantitative estimate of drug-likeness (QED) is 0.804. The Bertz CT molecular complexity index is 636. The third-order valence-electron chi connectivity index (χ3n) is 4.54. The van der Waals surface area contributed by atoms with E-state index in [0.29, 0.717) is 24.0 Å². The number of aliphatic hydroxyl groups is 1. The molecule has 1 aliphatic heterocycles. The molecule has 3 heterocycles. The molecule has 1 aliphatic carbocycles. The number of hydrogen-bond donors (Lipinski definition) is 3. The zero-order valence-electron chi connectivity index (χ0n) is 11.6. The van der Waals surface area contributed by atoms with Gasteiger partial charge in [0.25, 0.3) is 0 Å². The molecule has 0 spiro atoms. The van der Waals surface area contributed by atoms with E-state index in [0.717, 1.165) is 24.3 Å². The minimum absolute atomic E-state index is 0.564. The summed E-state index contributed by atoms with van der Waals surface area (Å²) in [4.78, 5) is 2.23. The first kappa shape index (κ1) is 13.3. The molecule has 2 fully saturated rings. The molecule has 1 saturated carbocycles. The van der Waals surface area contributed by atoms with Gasteiger partial charge in [0.15, 0.2) is 5.15 Å². The molecule has 1 unspecified atom stereocenters. The molecular formula is C14H18ClN5O. The van der Waals surface area contributed by atoms with Gasteiger partial charge in [-0.1, -0.05) is 11.6 Å². The van der Waals surface area contributed by atoms with Gasteiger partial charge in [0.1, 0.15) is 5.60 Å². The Kier molecular flexibility index (Phi) is 3.06. The third kappa shape index (κ3) is 2.37. The molecule has 112 valence electrons. The van der Waals surface area contributed by atoms with Crippen LogP contribution in [0.3, 0.4) is 0 Å². The molecular weight excluding hydrogens is 290 g/mol. The molecule has 0 bridgehead atoms. The van der Waals surface area contributed by atoms with E-state index in [4.69, 9.17) is 11.6 Å². The lowest BCUT2D eigenvalue weighted by Crippen LogP contribution is -2.31. The predicted octanol–water partition coefficient (Wildman–Crippen LogP) is 1.76. The van der Waals surface area contributed by atoms with E-state index in [9.17, 15) is 5.11 Å². The van der Waals surface area contributed by atoms with Crippen molar-refractivity contribution in [3.05, 3.63) is 34.4 Å². The number of β-amino-alcohol motifs (C(OH)–C–C–N with tert-alkyl or cyclic N) is 1. The molecule has 2 aromatic heterocycles. The van der Waals surface area contributed by atoms with E-state index in [-0.39, 0.29) is 0 Å². The van der Waals surface area contributed by atoms with Gasteiger partial charge in [-0.25, -0.2) is 0 Å². The molecule has 0 radical (unpaired) electrons. The Morgan fingerprint density at radius 1 is 1.43 bits per heavy atom. The summed E-state index contributed by atoms with van der Waals surface area (Å²) in [5.74, 6) is 0.592. The van der Waals surface area contributed by atoms with Gasteiger partial charge in [-0.3, -0.25) is 15.1 Å². The van der Waals surface area contributed by atoms with Crippen LogP contribution < -0.4 is 0 Å². The van der Waals surface area contributed by atoms with Crippen molar-refractivity contribution in [2.24, 2.45) is 0 Å². The van der Waals surface area contributed by atoms with Crippen molar-refractivity contribution in [2.75, 3.05) is 13.1 Å². The molecule has 4 rings (SSSR count). The van der Waals surface area contributed by atoms with Crippen molar-refractivity contribution in [3.8, 4) is 0 Å². The molecule has 3 N–H and O–H groups in total. The second-order valence-electron chi connectivity index (χ2n) is 6.14. The van der Waals surface area contributed by atoms with Gasteiger partial charge in [0, 0.05) is 43.0 Å². The number of hydrogen-bond acceptors (Lipinski definition) is 4. The van der Waals surface area contributed by atoms with Crippen LogP contribution in [0.5, 0.6) is 0 Å². The van der Waals surface area contributed by atoms with E-state index in [1.54, 1.807) is 6.20 Å². The lowest BCUT2D eigenvalue weighted by Gasteiger charge is -2.22. The van der Waals surface area contributed by atoms with Crippen molar-refractivity contribution >= 4 is 11.6 Å². The second-order valence-corrected chi connectivity index (χ2v) is 6.50. The topological polar surface area (TPSA) is 80.8 Å². The maximum atomic E-state index is 10.7. The molecule has 7 heteroatoms. The highest BCUT2D eigenvalue weighted by atomic mass is 35.5. The van der Waals surface area contributed by atoms with Gasteiger partial charge in [-0.05, 0) is 25.3 Å². The summed E-state index contributed by atoms with van der Waals surface area (Å²) >= 11 is 6.22. The maximum absolute atomic E-state index is 10.7. The highest BCUT2D eigenvalue weighted by Crippen LogP contribution is 2.42. The van der Waals surface area contributed by atoms with Gasteiger partial charge >= 0.3 is 0 Å². The molecule has 6 nitrogen and oxygen atoms in total. The fourth-order valence-corrected chi connectivity index (χ4v) is 3.38. The summed E-state index contributed by atoms with van der Waals surface area (Å²) in [5.41, 5.74) is 2.21. The van der Waals surface area contributed by atoms with Crippen LogP contribution in [0.15, 0.2) is 12.3 Å². The van der Waals surface area contributed by atoms with E-state index < -0.39 is 5.60 Å². The first-order valence-corrected chi connectivity index (χ1v) is 7.71. The van der Waals surface area contributed by atoms with Crippen molar-refractivity contribution in [1.29, 1.82) is 0 Å². The number of likely N-dealkylation sites (tertiary alicyclic amines) is 1. The second kappa shape index (κ2) is 4.83. The Balaban J connectivity index is 1.51. The minimum atomic E-state index is -0.841. The third-order valence-corrected chi connectivity index (χ3v) is 4.86. The van der Waals surface area contributed by atoms with E-state index in [1.807, 2.05) is 6.07 Å². The van der Waals surface area contributed by atoms with Crippen LogP contribution >= 0.6 is 11.6 Å². The first-order chi connectivity index (χ1) is 10.2. The largest absolute Gasteiger partial charge is 0.382 e. The molecule has 0 aromatic carbocycles. The summed E-state index contributed by atoms with van der Waals surface area (Å²) in [6.45, 7) is 2.15. The molecule has 2 aliphatic rings. The number of nitrogens with zero attached hydrogens (tertiary/aromatic N) is 3. The zero-order valence-corrected chi connectivity index (χ0v) is 12.4. The van der Waals surface area contributed by atoms with Crippen LogP contribution in [-0.4, -0.2) is 43.5 Å². The fraction of sp³-hybridized carbons (Fsp3) is 0.571. The molecule has 1 saturated heterocycles. The van der Waals surface area contributed by atoms with Crippen LogP contribution in [-0.2, 0) is 12.1 Å². The highest BCUT2D eigenvalue weighted by molar-refractivity contribution is 6.30. The van der Waals surface area contributed by atoms with Crippen molar-refractivity contribution in [1.82, 2.24) is 25.3 Å². The zero-order chi connectivity index (χ0) is 14.4. The minimum Gasteiger partial charge on any atom is -0.382 e. The number of aromatic amines is 2. The first-order valence-electron chi connectivity index (χ1n) is 7.33. The van der Waals surface area contributed by atoms with Crippen molar-refractivity contribution in [2.45, 2.75) is 37.3 Å². The van der Waals surface area contributed by atoms with Gasteiger partial charge in [-0.2, -0.15) is 10.2 Å². The fourth-order valence-electron chi connectivity index (χ4n) is 3.18. The van der Waals surface area contributed by atoms with E-state index in [1.165, 1.54) is 18.5 Å². The number of aromatic nitrogens is 4. The van der Waals surface area contributed by atoms with Crippen LogP contribution in [0.25, 0.3) is 0 Å². The number of rotatable bonds is 4. The molecule has 21 heavy (non-hydrogen) atoms. The van der Waals surface area contributed by atoms with Crippen molar-refractivity contribution in [3.63, 3.8) is 0 Å². The average molecular weight is 308 g/mol. The molecule has 0 amide bonds. The van der Waals surface area contributed by atoms with Gasteiger partial charge in [-0.15, -0.1) is 0 Å². The van der Waals surface area contributed by atoms with Crippen LogP contribution in [0.1, 0.15) is 42.1 Å². The summed E-state index contributed by atoms with van der Waals surface area (Å²) in [5, 5.41) is 25.3.